The molecular weight excluding hydrogens is 520 g/mol. The van der Waals surface area contributed by atoms with Crippen molar-refractivity contribution >= 4 is 45.9 Å². The van der Waals surface area contributed by atoms with Crippen molar-refractivity contribution in [3.05, 3.63) is 46.1 Å². The van der Waals surface area contributed by atoms with Crippen molar-refractivity contribution in [1.82, 2.24) is 14.8 Å². The number of anilines is 1. The molecule has 2 heterocycles. The molecule has 0 aliphatic carbocycles. The normalized spacial score (nSPS) is 11.5. The molecule has 37 heavy (non-hydrogen) atoms. The number of hydrogen-bond acceptors (Lipinski definition) is 11. The summed E-state index contributed by atoms with van der Waals surface area (Å²) in [5.74, 6) is 0.355. The highest BCUT2D eigenvalue weighted by Crippen LogP contribution is 2.34. The smallest absolute Gasteiger partial charge is 0.348 e. The van der Waals surface area contributed by atoms with E-state index in [0.29, 0.717) is 28.8 Å². The van der Waals surface area contributed by atoms with Gasteiger partial charge in [0.05, 0.1) is 32.6 Å². The molecule has 2 aromatic heterocycles. The van der Waals surface area contributed by atoms with Gasteiger partial charge < -0.3 is 28.8 Å². The van der Waals surface area contributed by atoms with Gasteiger partial charge in [-0.25, -0.2) is 9.59 Å². The molecule has 0 saturated carbocycles. The molecule has 0 spiro atoms. The molecular formula is C24H28N4O7S2. The van der Waals surface area contributed by atoms with Gasteiger partial charge in [-0.2, -0.15) is 0 Å². The van der Waals surface area contributed by atoms with Crippen LogP contribution in [0.25, 0.3) is 0 Å². The Balaban J connectivity index is 1.70. The highest BCUT2D eigenvalue weighted by molar-refractivity contribution is 7.99. The van der Waals surface area contributed by atoms with E-state index in [4.69, 9.17) is 18.9 Å². The van der Waals surface area contributed by atoms with Crippen LogP contribution in [-0.4, -0.2) is 59.7 Å². The number of ether oxygens (including phenoxy) is 4. The van der Waals surface area contributed by atoms with Gasteiger partial charge in [0.15, 0.2) is 17.1 Å². The Morgan fingerprint density at radius 1 is 1.05 bits per heavy atom. The second-order valence-corrected chi connectivity index (χ2v) is 9.56. The van der Waals surface area contributed by atoms with Gasteiger partial charge in [0.25, 0.3) is 0 Å². The van der Waals surface area contributed by atoms with Gasteiger partial charge in [0.1, 0.15) is 21.4 Å². The Morgan fingerprint density at radius 3 is 2.30 bits per heavy atom. The lowest BCUT2D eigenvalue weighted by atomic mass is 10.1. The van der Waals surface area contributed by atoms with Gasteiger partial charge in [0.2, 0.25) is 5.91 Å². The maximum Gasteiger partial charge on any atom is 0.348 e. The first-order valence-corrected chi connectivity index (χ1v) is 13.0. The minimum Gasteiger partial charge on any atom is -0.497 e. The Labute approximate surface area is 222 Å². The number of thiophene rings is 1. The third-order valence-electron chi connectivity index (χ3n) is 5.29. The zero-order valence-corrected chi connectivity index (χ0v) is 22.9. The highest BCUT2D eigenvalue weighted by Gasteiger charge is 2.27. The van der Waals surface area contributed by atoms with Crippen LogP contribution < -0.4 is 14.8 Å². The summed E-state index contributed by atoms with van der Waals surface area (Å²) in [7, 11) is 4.07. The summed E-state index contributed by atoms with van der Waals surface area (Å²) in [4.78, 5) is 37.3. The van der Waals surface area contributed by atoms with Crippen LogP contribution in [0.15, 0.2) is 29.4 Å². The Bertz CT molecular complexity index is 1270. The monoisotopic (exact) mass is 548 g/mol. The fraction of sp³-hybridized carbons (Fsp3) is 0.375. The van der Waals surface area contributed by atoms with Gasteiger partial charge in [-0.15, -0.1) is 21.5 Å². The number of nitrogens with zero attached hydrogens (tertiary/aromatic N) is 3. The SMILES string of the molecule is CCn1c(SCC(=O)Nc2sc(C(=O)OC)c(C)c2C(=O)OC)nnc1C(C)Oc1ccc(OC)cc1. The van der Waals surface area contributed by atoms with Gasteiger partial charge >= 0.3 is 11.9 Å². The van der Waals surface area contributed by atoms with E-state index in [1.54, 1.807) is 26.2 Å². The predicted octanol–water partition coefficient (Wildman–Crippen LogP) is 4.12. The molecule has 1 atom stereocenters. The molecule has 0 saturated heterocycles. The molecule has 0 radical (unpaired) electrons. The van der Waals surface area contributed by atoms with Crippen molar-refractivity contribution in [3.63, 3.8) is 0 Å². The second kappa shape index (κ2) is 12.6. The van der Waals surface area contributed by atoms with Crippen LogP contribution >= 0.6 is 23.1 Å². The molecule has 0 aliphatic rings. The van der Waals surface area contributed by atoms with Crippen LogP contribution in [0.3, 0.4) is 0 Å². The maximum absolute atomic E-state index is 12.8. The first-order valence-electron chi connectivity index (χ1n) is 11.2. The number of amides is 1. The first kappa shape index (κ1) is 28.0. The molecule has 1 amide bonds. The lowest BCUT2D eigenvalue weighted by Gasteiger charge is -2.15. The standard InChI is InChI=1S/C24H28N4O7S2/c1-7-28-20(14(3)35-16-10-8-15(32-4)9-11-16)26-27-24(28)36-12-17(29)25-21-18(22(30)33-5)13(2)19(37-21)23(31)34-6/h8-11,14H,7,12H2,1-6H3,(H,25,29). The molecule has 11 nitrogen and oxygen atoms in total. The number of esters is 2. The summed E-state index contributed by atoms with van der Waals surface area (Å²) in [6.07, 6.45) is -0.391. The Kier molecular flexibility index (Phi) is 9.53. The molecule has 0 bridgehead atoms. The van der Waals surface area contributed by atoms with Crippen molar-refractivity contribution < 1.29 is 33.3 Å². The van der Waals surface area contributed by atoms with Gasteiger partial charge in [-0.1, -0.05) is 11.8 Å². The number of hydrogen-bond donors (Lipinski definition) is 1. The Hall–Kier alpha value is -3.58. The number of carbonyl (C=O) groups is 3. The lowest BCUT2D eigenvalue weighted by Crippen LogP contribution is -2.17. The van der Waals surface area contributed by atoms with Crippen molar-refractivity contribution in [1.29, 1.82) is 0 Å². The van der Waals surface area contributed by atoms with E-state index in [1.807, 2.05) is 30.5 Å². The molecule has 13 heteroatoms. The summed E-state index contributed by atoms with van der Waals surface area (Å²) in [5, 5.41) is 12.0. The maximum atomic E-state index is 12.8. The van der Waals surface area contributed by atoms with Gasteiger partial charge in [-0.05, 0) is 50.6 Å². The number of aromatic nitrogens is 3. The van der Waals surface area contributed by atoms with Crippen molar-refractivity contribution in [2.45, 2.75) is 38.6 Å². The molecule has 1 aromatic carbocycles. The highest BCUT2D eigenvalue weighted by atomic mass is 32.2. The molecule has 3 rings (SSSR count). The molecule has 1 unspecified atom stereocenters. The number of nitrogens with one attached hydrogen (secondary N) is 1. The van der Waals surface area contributed by atoms with Crippen molar-refractivity contribution in [2.24, 2.45) is 0 Å². The van der Waals surface area contributed by atoms with Crippen LogP contribution in [0.4, 0.5) is 5.00 Å². The van der Waals surface area contributed by atoms with Crippen LogP contribution in [0.5, 0.6) is 11.5 Å². The number of carbonyl (C=O) groups excluding carboxylic acids is 3. The van der Waals surface area contributed by atoms with Gasteiger partial charge in [-0.3, -0.25) is 4.79 Å². The predicted molar refractivity (Wildman–Crippen MR) is 139 cm³/mol. The molecule has 0 fully saturated rings. The third kappa shape index (κ3) is 6.41. The second-order valence-electron chi connectivity index (χ2n) is 7.60. The average Bonchev–Trinajstić information content (AvgIpc) is 3.47. The summed E-state index contributed by atoms with van der Waals surface area (Å²) in [5.41, 5.74) is 0.502. The van der Waals surface area contributed by atoms with E-state index in [1.165, 1.54) is 26.0 Å². The topological polar surface area (TPSA) is 131 Å². The lowest BCUT2D eigenvalue weighted by molar-refractivity contribution is -0.113. The number of rotatable bonds is 11. The van der Waals surface area contributed by atoms with E-state index in [-0.39, 0.29) is 27.1 Å². The quantitative estimate of drug-likeness (QED) is 0.276. The molecule has 0 aliphatic heterocycles. The summed E-state index contributed by atoms with van der Waals surface area (Å²) < 4.78 is 22.6. The first-order chi connectivity index (χ1) is 17.7. The van der Waals surface area contributed by atoms with Crippen molar-refractivity contribution in [2.75, 3.05) is 32.4 Å². The summed E-state index contributed by atoms with van der Waals surface area (Å²) in [6, 6.07) is 7.23. The van der Waals surface area contributed by atoms with E-state index in [2.05, 4.69) is 15.5 Å². The number of methoxy groups -OCH3 is 3. The van der Waals surface area contributed by atoms with Crippen LogP contribution in [0.1, 0.15) is 51.4 Å². The third-order valence-corrected chi connectivity index (χ3v) is 7.44. The zero-order chi connectivity index (χ0) is 27.1. The Morgan fingerprint density at radius 2 is 1.70 bits per heavy atom. The van der Waals surface area contributed by atoms with E-state index >= 15 is 0 Å². The van der Waals surface area contributed by atoms with Crippen LogP contribution in [0.2, 0.25) is 0 Å². The summed E-state index contributed by atoms with van der Waals surface area (Å²) in [6.45, 7) is 5.98. The summed E-state index contributed by atoms with van der Waals surface area (Å²) >= 11 is 2.15. The fourth-order valence-electron chi connectivity index (χ4n) is 3.45. The van der Waals surface area contributed by atoms with E-state index in [9.17, 15) is 14.4 Å². The van der Waals surface area contributed by atoms with Crippen LogP contribution in [-0.2, 0) is 20.8 Å². The molecule has 1 N–H and O–H groups in total. The zero-order valence-electron chi connectivity index (χ0n) is 21.3. The van der Waals surface area contributed by atoms with Gasteiger partial charge in [0, 0.05) is 6.54 Å². The fourth-order valence-corrected chi connectivity index (χ4v) is 5.38. The minimum absolute atomic E-state index is 0.00301. The van der Waals surface area contributed by atoms with E-state index < -0.39 is 18.0 Å². The minimum atomic E-state index is -0.659. The molecule has 3 aromatic rings. The van der Waals surface area contributed by atoms with Crippen molar-refractivity contribution in [3.8, 4) is 11.5 Å². The average molecular weight is 549 g/mol. The van der Waals surface area contributed by atoms with Crippen LogP contribution in [0, 0.1) is 6.92 Å². The number of benzene rings is 1. The largest absolute Gasteiger partial charge is 0.497 e. The molecule has 198 valence electrons. The number of thioether (sulfide) groups is 1. The van der Waals surface area contributed by atoms with E-state index in [0.717, 1.165) is 17.1 Å².